The topological polar surface area (TPSA) is 155 Å². The highest BCUT2D eigenvalue weighted by Crippen LogP contribution is 2.52. The summed E-state index contributed by atoms with van der Waals surface area (Å²) in [4.78, 5) is 70.6. The summed E-state index contributed by atoms with van der Waals surface area (Å²) in [6.07, 6.45) is 21.4. The van der Waals surface area contributed by atoms with Crippen molar-refractivity contribution in [1.29, 1.82) is 0 Å². The number of amides is 4. The Morgan fingerprint density at radius 1 is 0.638 bits per heavy atom. The molecule has 312 valence electrons. The van der Waals surface area contributed by atoms with Gasteiger partial charge in [0.1, 0.15) is 11.4 Å². The standard InChI is InChI=1S/2C22H30N4O2S/c2*1-21(13-16-6-11-26(12-7-16)18(27)17-3-2-10-23-17)19(28)24-20(29-21)25-22-8-4-15(14-22)5-9-22/h2*2-3,10,15-16,23H,4-9,11-14H2,1H3,(H,24,25,28)/t2*15?,21-,22?/m11/s1. The molecule has 58 heavy (non-hydrogen) atoms. The van der Waals surface area contributed by atoms with Crippen LogP contribution in [0.25, 0.3) is 0 Å². The third-order valence-electron chi connectivity index (χ3n) is 14.9. The molecule has 0 unspecified atom stereocenters. The van der Waals surface area contributed by atoms with E-state index in [0.717, 1.165) is 86.9 Å². The number of hydrogen-bond donors (Lipinski definition) is 4. The van der Waals surface area contributed by atoms with E-state index in [1.165, 1.54) is 64.2 Å². The van der Waals surface area contributed by atoms with Crippen molar-refractivity contribution < 1.29 is 19.2 Å². The number of amidine groups is 2. The normalized spacial score (nSPS) is 36.2. The predicted octanol–water partition coefficient (Wildman–Crippen LogP) is 7.13. The quantitative estimate of drug-likeness (QED) is 0.222. The molecule has 0 radical (unpaired) electrons. The Morgan fingerprint density at radius 2 is 1.02 bits per heavy atom. The number of aliphatic imine (C=N–C) groups is 2. The van der Waals surface area contributed by atoms with Crippen molar-refractivity contribution in [2.45, 2.75) is 137 Å². The van der Waals surface area contributed by atoms with Gasteiger partial charge in [-0.1, -0.05) is 23.5 Å². The van der Waals surface area contributed by atoms with E-state index < -0.39 is 9.49 Å². The molecule has 2 atom stereocenters. The van der Waals surface area contributed by atoms with Gasteiger partial charge in [-0.25, -0.2) is 0 Å². The fraction of sp³-hybridized carbons (Fsp3) is 0.682. The van der Waals surface area contributed by atoms with E-state index in [0.29, 0.717) is 23.2 Å². The van der Waals surface area contributed by atoms with Crippen LogP contribution in [0.3, 0.4) is 0 Å². The molecule has 2 aromatic heterocycles. The van der Waals surface area contributed by atoms with Crippen molar-refractivity contribution >= 4 is 57.5 Å². The van der Waals surface area contributed by atoms with Gasteiger partial charge >= 0.3 is 0 Å². The van der Waals surface area contributed by atoms with Gasteiger partial charge in [0, 0.05) is 38.6 Å². The number of nitrogens with one attached hydrogen (secondary N) is 4. The zero-order valence-corrected chi connectivity index (χ0v) is 35.8. The Labute approximate surface area is 350 Å². The molecule has 4 N–H and O–H groups in total. The predicted molar refractivity (Wildman–Crippen MR) is 230 cm³/mol. The lowest BCUT2D eigenvalue weighted by Gasteiger charge is -2.34. The van der Waals surface area contributed by atoms with Gasteiger partial charge in [-0.2, -0.15) is 0 Å². The van der Waals surface area contributed by atoms with E-state index in [9.17, 15) is 19.2 Å². The third kappa shape index (κ3) is 8.17. The van der Waals surface area contributed by atoms with E-state index in [-0.39, 0.29) is 34.7 Å². The minimum atomic E-state index is -0.442. The van der Waals surface area contributed by atoms with Gasteiger partial charge in [0.2, 0.25) is 11.8 Å². The molecular weight excluding hydrogens is 769 g/mol. The maximum atomic E-state index is 12.8. The van der Waals surface area contributed by atoms with Crippen LogP contribution in [0, 0.1) is 23.7 Å². The van der Waals surface area contributed by atoms with Gasteiger partial charge in [-0.3, -0.25) is 29.2 Å². The van der Waals surface area contributed by atoms with Crippen molar-refractivity contribution in [2.75, 3.05) is 26.2 Å². The van der Waals surface area contributed by atoms with Gasteiger partial charge in [-0.05, 0) is 165 Å². The number of likely N-dealkylation sites (tertiary alicyclic amines) is 2. The summed E-state index contributed by atoms with van der Waals surface area (Å²) in [5.41, 5.74) is 1.52. The molecule has 14 heteroatoms. The maximum Gasteiger partial charge on any atom is 0.270 e. The van der Waals surface area contributed by atoms with Crippen LogP contribution in [0.15, 0.2) is 46.6 Å². The zero-order valence-electron chi connectivity index (χ0n) is 34.2. The van der Waals surface area contributed by atoms with E-state index in [4.69, 9.17) is 9.98 Å². The first-order valence-electron chi connectivity index (χ1n) is 22.0. The van der Waals surface area contributed by atoms with Crippen molar-refractivity contribution in [3.05, 3.63) is 48.0 Å². The number of nitrogens with zero attached hydrogens (tertiary/aromatic N) is 4. The average Bonchev–Trinajstić information content (AvgIpc) is 4.08. The molecule has 12 nitrogen and oxygen atoms in total. The van der Waals surface area contributed by atoms with E-state index in [2.05, 4.69) is 34.4 Å². The summed E-state index contributed by atoms with van der Waals surface area (Å²) in [5, 5.41) is 7.87. The lowest BCUT2D eigenvalue weighted by atomic mass is 9.87. The summed E-state index contributed by atoms with van der Waals surface area (Å²) >= 11 is 3.29. The number of carbonyl (C=O) groups excluding carboxylic acids is 4. The summed E-state index contributed by atoms with van der Waals surface area (Å²) in [6, 6.07) is 7.36. The highest BCUT2D eigenvalue weighted by atomic mass is 32.2. The minimum absolute atomic E-state index is 0.0766. The Balaban J connectivity index is 0.000000150. The molecule has 0 spiro atoms. The summed E-state index contributed by atoms with van der Waals surface area (Å²) in [6.45, 7) is 7.17. The maximum absolute atomic E-state index is 12.8. The monoisotopic (exact) mass is 828 g/mol. The second-order valence-corrected chi connectivity index (χ2v) is 22.2. The van der Waals surface area contributed by atoms with Crippen LogP contribution in [0.1, 0.15) is 138 Å². The number of rotatable bonds is 8. The van der Waals surface area contributed by atoms with E-state index >= 15 is 0 Å². The highest BCUT2D eigenvalue weighted by Gasteiger charge is 2.50. The molecule has 0 aromatic carbocycles. The second kappa shape index (κ2) is 15.8. The minimum Gasteiger partial charge on any atom is -0.357 e. The van der Waals surface area contributed by atoms with Gasteiger partial charge in [0.25, 0.3) is 11.8 Å². The van der Waals surface area contributed by atoms with Gasteiger partial charge in [-0.15, -0.1) is 0 Å². The molecule has 4 aliphatic carbocycles. The number of carbonyl (C=O) groups is 4. The van der Waals surface area contributed by atoms with Crippen molar-refractivity contribution in [3.8, 4) is 0 Å². The lowest BCUT2D eigenvalue weighted by molar-refractivity contribution is -0.122. The van der Waals surface area contributed by atoms with Gasteiger partial charge in [0.05, 0.1) is 20.6 Å². The summed E-state index contributed by atoms with van der Waals surface area (Å²) in [7, 11) is 0. The number of fused-ring (bicyclic) bond motifs is 4. The fourth-order valence-electron chi connectivity index (χ4n) is 11.5. The molecule has 4 bridgehead atoms. The number of aromatic nitrogens is 2. The first-order valence-corrected chi connectivity index (χ1v) is 23.6. The molecule has 8 fully saturated rings. The van der Waals surface area contributed by atoms with Crippen molar-refractivity contribution in [1.82, 2.24) is 30.4 Å². The van der Waals surface area contributed by atoms with Crippen LogP contribution in [0.5, 0.6) is 0 Å². The fourth-order valence-corrected chi connectivity index (χ4v) is 14.1. The van der Waals surface area contributed by atoms with Gasteiger partial charge in [0.15, 0.2) is 10.3 Å². The van der Waals surface area contributed by atoms with Gasteiger partial charge < -0.3 is 30.4 Å². The smallest absolute Gasteiger partial charge is 0.270 e. The van der Waals surface area contributed by atoms with Crippen molar-refractivity contribution in [2.24, 2.45) is 33.7 Å². The first kappa shape index (κ1) is 39.9. The number of piperidine rings is 2. The molecule has 2 aromatic rings. The molecule has 8 aliphatic rings. The highest BCUT2D eigenvalue weighted by molar-refractivity contribution is 8.16. The third-order valence-corrected chi connectivity index (χ3v) is 17.3. The van der Waals surface area contributed by atoms with Crippen LogP contribution in [0.2, 0.25) is 0 Å². The van der Waals surface area contributed by atoms with Crippen LogP contribution < -0.4 is 10.6 Å². The Hall–Kier alpha value is -3.52. The number of H-pyrrole nitrogens is 2. The summed E-state index contributed by atoms with van der Waals surface area (Å²) in [5.74, 6) is 3.00. The molecule has 4 saturated carbocycles. The van der Waals surface area contributed by atoms with Crippen LogP contribution >= 0.6 is 23.5 Å². The Kier molecular flexibility index (Phi) is 10.9. The zero-order chi connectivity index (χ0) is 40.1. The van der Waals surface area contributed by atoms with Crippen molar-refractivity contribution in [3.63, 3.8) is 0 Å². The Bertz CT molecular complexity index is 1780. The summed E-state index contributed by atoms with van der Waals surface area (Å²) < 4.78 is -0.884. The van der Waals surface area contributed by atoms with Crippen LogP contribution in [-0.2, 0) is 9.59 Å². The molecule has 4 aliphatic heterocycles. The first-order chi connectivity index (χ1) is 27.9. The largest absolute Gasteiger partial charge is 0.357 e. The number of thioether (sulfide) groups is 2. The van der Waals surface area contributed by atoms with Crippen LogP contribution in [0.4, 0.5) is 0 Å². The van der Waals surface area contributed by atoms with Crippen LogP contribution in [-0.4, -0.2) is 100 Å². The molecule has 4 amide bonds. The van der Waals surface area contributed by atoms with E-state index in [1.807, 2.05) is 34.1 Å². The molecule has 4 saturated heterocycles. The molecular formula is C44H60N8O4S2. The molecule has 6 heterocycles. The SMILES string of the molecule is C[C@]1(CC2CCN(C(=O)c3ccc[nH]3)CC2)SC(=NC23CCC(CC2)C3)NC1=O.C[C@]1(CC2CCN(C(=O)c3ccc[nH]3)CC2)SC(=NC23CCC(CC2)C3)NC1=O. The van der Waals surface area contributed by atoms with E-state index in [1.54, 1.807) is 35.9 Å². The lowest BCUT2D eigenvalue weighted by Crippen LogP contribution is -2.42. The molecule has 10 rings (SSSR count). The Morgan fingerprint density at radius 3 is 1.33 bits per heavy atom. The second-order valence-electron chi connectivity index (χ2n) is 19.2. The number of hydrogen-bond acceptors (Lipinski definition) is 8. The average molecular weight is 829 g/mol. The number of aromatic amines is 2.